The molecule has 0 N–H and O–H groups in total. The van der Waals surface area contributed by atoms with Crippen molar-refractivity contribution in [3.8, 4) is 0 Å². The molecule has 0 saturated carbocycles. The molecule has 0 atom stereocenters. The first kappa shape index (κ1) is 7.27. The highest BCUT2D eigenvalue weighted by Crippen LogP contribution is 2.17. The molecule has 0 spiro atoms. The lowest BCUT2D eigenvalue weighted by Gasteiger charge is -1.78. The first-order chi connectivity index (χ1) is 4.74. The van der Waals surface area contributed by atoms with E-state index in [-0.39, 0.29) is 5.69 Å². The van der Waals surface area contributed by atoms with Crippen LogP contribution in [0, 0.1) is 10.1 Å². The highest BCUT2D eigenvalue weighted by atomic mass is 79.9. The minimum Gasteiger partial charge on any atom is -0.461 e. The Balaban J connectivity index is 2.88. The maximum Gasteiger partial charge on any atom is 0.307 e. The summed E-state index contributed by atoms with van der Waals surface area (Å²) in [7, 11) is 0. The summed E-state index contributed by atoms with van der Waals surface area (Å²) in [4.78, 5) is 9.57. The molecule has 1 aromatic rings. The summed E-state index contributed by atoms with van der Waals surface area (Å²) in [5, 5.41) is 10.6. The second-order valence-corrected chi connectivity index (χ2v) is 2.22. The van der Waals surface area contributed by atoms with Crippen molar-refractivity contribution in [2.24, 2.45) is 0 Å². The van der Waals surface area contributed by atoms with E-state index in [1.807, 2.05) is 0 Å². The highest BCUT2D eigenvalue weighted by Gasteiger charge is 2.08. The molecule has 54 valence electrons. The van der Waals surface area contributed by atoms with Gasteiger partial charge in [-0.15, -0.1) is 0 Å². The van der Waals surface area contributed by atoms with Crippen LogP contribution in [0.25, 0.3) is 0 Å². The lowest BCUT2D eigenvalue weighted by molar-refractivity contribution is -0.385. The van der Waals surface area contributed by atoms with Gasteiger partial charge in [0.05, 0.1) is 16.3 Å². The summed E-state index contributed by atoms with van der Waals surface area (Å²) in [6.07, 6.45) is 1.12. The molecular formula is C5H4BrNO3. The second kappa shape index (κ2) is 2.83. The van der Waals surface area contributed by atoms with Gasteiger partial charge in [-0.05, 0) is 0 Å². The Kier molecular flexibility index (Phi) is 2.06. The molecule has 1 rings (SSSR count). The van der Waals surface area contributed by atoms with E-state index in [9.17, 15) is 10.1 Å². The lowest BCUT2D eigenvalue weighted by Crippen LogP contribution is -1.82. The number of hydrogen-bond acceptors (Lipinski definition) is 3. The molecule has 1 heterocycles. The van der Waals surface area contributed by atoms with Gasteiger partial charge in [-0.1, -0.05) is 15.9 Å². The maximum atomic E-state index is 10.1. The Morgan fingerprint density at radius 1 is 1.80 bits per heavy atom. The van der Waals surface area contributed by atoms with Crippen LogP contribution in [0.3, 0.4) is 0 Å². The minimum atomic E-state index is -0.490. The van der Waals surface area contributed by atoms with Gasteiger partial charge in [-0.25, -0.2) is 0 Å². The fraction of sp³-hybridized carbons (Fsp3) is 0.200. The van der Waals surface area contributed by atoms with Gasteiger partial charge in [-0.2, -0.15) is 0 Å². The van der Waals surface area contributed by atoms with Crippen molar-refractivity contribution in [3.05, 3.63) is 28.2 Å². The van der Waals surface area contributed by atoms with Crippen molar-refractivity contribution in [1.82, 2.24) is 0 Å². The third kappa shape index (κ3) is 1.36. The average molecular weight is 206 g/mol. The molecular weight excluding hydrogens is 202 g/mol. The third-order valence-electron chi connectivity index (χ3n) is 0.982. The monoisotopic (exact) mass is 205 g/mol. The van der Waals surface area contributed by atoms with E-state index < -0.39 is 4.92 Å². The SMILES string of the molecule is O=[N+]([O-])c1coc(CBr)c1. The summed E-state index contributed by atoms with van der Waals surface area (Å²) in [5.74, 6) is 0.562. The van der Waals surface area contributed by atoms with Gasteiger partial charge >= 0.3 is 5.69 Å². The predicted octanol–water partition coefficient (Wildman–Crippen LogP) is 2.08. The van der Waals surface area contributed by atoms with Crippen molar-refractivity contribution in [2.45, 2.75) is 5.33 Å². The van der Waals surface area contributed by atoms with Crippen molar-refractivity contribution in [1.29, 1.82) is 0 Å². The maximum absolute atomic E-state index is 10.1. The van der Waals surface area contributed by atoms with Crippen molar-refractivity contribution in [2.75, 3.05) is 0 Å². The van der Waals surface area contributed by atoms with Gasteiger partial charge < -0.3 is 4.42 Å². The number of nitro groups is 1. The van der Waals surface area contributed by atoms with E-state index >= 15 is 0 Å². The number of alkyl halides is 1. The van der Waals surface area contributed by atoms with Gasteiger partial charge in [0.2, 0.25) is 0 Å². The molecule has 0 aliphatic heterocycles. The van der Waals surface area contributed by atoms with E-state index in [1.54, 1.807) is 0 Å². The van der Waals surface area contributed by atoms with Gasteiger partial charge in [0.1, 0.15) is 5.76 Å². The zero-order valence-electron chi connectivity index (χ0n) is 4.91. The summed E-state index contributed by atoms with van der Waals surface area (Å²) in [6, 6.07) is 1.38. The van der Waals surface area contributed by atoms with Crippen LogP contribution < -0.4 is 0 Å². The molecule has 0 aliphatic carbocycles. The van der Waals surface area contributed by atoms with Gasteiger partial charge in [-0.3, -0.25) is 10.1 Å². The van der Waals surface area contributed by atoms with Crippen LogP contribution in [0.15, 0.2) is 16.7 Å². The summed E-state index contributed by atoms with van der Waals surface area (Å²) < 4.78 is 4.79. The van der Waals surface area contributed by atoms with Crippen LogP contribution in [-0.2, 0) is 5.33 Å². The molecule has 0 aliphatic rings. The quantitative estimate of drug-likeness (QED) is 0.422. The Morgan fingerprint density at radius 2 is 2.50 bits per heavy atom. The van der Waals surface area contributed by atoms with Crippen molar-refractivity contribution >= 4 is 21.6 Å². The Bertz CT molecular complexity index is 245. The lowest BCUT2D eigenvalue weighted by atomic mass is 10.5. The number of rotatable bonds is 2. The van der Waals surface area contributed by atoms with Crippen molar-refractivity contribution in [3.63, 3.8) is 0 Å². The molecule has 10 heavy (non-hydrogen) atoms. The van der Waals surface area contributed by atoms with Crippen LogP contribution in [0.1, 0.15) is 5.76 Å². The van der Waals surface area contributed by atoms with Crippen LogP contribution in [0.2, 0.25) is 0 Å². The average Bonchev–Trinajstić information content (AvgIpc) is 2.34. The Morgan fingerprint density at radius 3 is 2.80 bits per heavy atom. The first-order valence-electron chi connectivity index (χ1n) is 2.52. The van der Waals surface area contributed by atoms with Crippen LogP contribution in [-0.4, -0.2) is 4.92 Å². The van der Waals surface area contributed by atoms with E-state index in [1.165, 1.54) is 6.07 Å². The minimum absolute atomic E-state index is 0.00514. The Hall–Kier alpha value is -0.840. The van der Waals surface area contributed by atoms with Crippen LogP contribution in [0.4, 0.5) is 5.69 Å². The zero-order chi connectivity index (χ0) is 7.56. The molecule has 0 unspecified atom stereocenters. The molecule has 0 amide bonds. The van der Waals surface area contributed by atoms with E-state index in [2.05, 4.69) is 15.9 Å². The molecule has 0 radical (unpaired) electrons. The molecule has 1 aromatic heterocycles. The molecule has 5 heteroatoms. The highest BCUT2D eigenvalue weighted by molar-refractivity contribution is 9.08. The summed E-state index contributed by atoms with van der Waals surface area (Å²) in [5.41, 5.74) is -0.00514. The van der Waals surface area contributed by atoms with Gasteiger partial charge in [0.15, 0.2) is 6.26 Å². The van der Waals surface area contributed by atoms with Crippen LogP contribution >= 0.6 is 15.9 Å². The molecule has 0 fully saturated rings. The smallest absolute Gasteiger partial charge is 0.307 e. The molecule has 0 saturated heterocycles. The van der Waals surface area contributed by atoms with Crippen LogP contribution in [0.5, 0.6) is 0 Å². The third-order valence-corrected chi connectivity index (χ3v) is 1.54. The standard InChI is InChI=1S/C5H4BrNO3/c6-2-5-1-4(3-10-5)7(8)9/h1,3H,2H2. The number of furan rings is 1. The fourth-order valence-corrected chi connectivity index (χ4v) is 0.829. The van der Waals surface area contributed by atoms with Gasteiger partial charge in [0.25, 0.3) is 0 Å². The zero-order valence-corrected chi connectivity index (χ0v) is 6.50. The van der Waals surface area contributed by atoms with Crippen molar-refractivity contribution < 1.29 is 9.34 Å². The number of nitrogens with zero attached hydrogens (tertiary/aromatic N) is 1. The first-order valence-corrected chi connectivity index (χ1v) is 3.64. The summed E-state index contributed by atoms with van der Waals surface area (Å²) >= 11 is 3.10. The van der Waals surface area contributed by atoms with Gasteiger partial charge in [0, 0.05) is 0 Å². The topological polar surface area (TPSA) is 56.3 Å². The van der Waals surface area contributed by atoms with E-state index in [4.69, 9.17) is 4.42 Å². The predicted molar refractivity (Wildman–Crippen MR) is 38.0 cm³/mol. The Labute approximate surface area is 65.1 Å². The van der Waals surface area contributed by atoms with E-state index in [0.717, 1.165) is 6.26 Å². The fourth-order valence-electron chi connectivity index (χ4n) is 0.535. The molecule has 0 aromatic carbocycles. The second-order valence-electron chi connectivity index (χ2n) is 1.66. The largest absolute Gasteiger partial charge is 0.461 e. The molecule has 4 nitrogen and oxygen atoms in total. The van der Waals surface area contributed by atoms with E-state index in [0.29, 0.717) is 11.1 Å². The molecule has 0 bridgehead atoms. The number of hydrogen-bond donors (Lipinski definition) is 0. The summed E-state index contributed by atoms with van der Waals surface area (Å²) in [6.45, 7) is 0. The number of halogens is 1. The normalized spacial score (nSPS) is 9.70.